The topological polar surface area (TPSA) is 89.4 Å². The lowest BCUT2D eigenvalue weighted by atomic mass is 9.87. The maximum absolute atomic E-state index is 15.3. The van der Waals surface area contributed by atoms with Gasteiger partial charge in [-0.3, -0.25) is 0 Å². The molecule has 160 valence electrons. The molecule has 0 aromatic heterocycles. The van der Waals surface area contributed by atoms with Crippen molar-refractivity contribution in [1.82, 2.24) is 5.32 Å². The molecule has 0 unspecified atom stereocenters. The van der Waals surface area contributed by atoms with Gasteiger partial charge in [-0.05, 0) is 25.0 Å². The summed E-state index contributed by atoms with van der Waals surface area (Å²) in [4.78, 5) is 16.3. The van der Waals surface area contributed by atoms with Crippen LogP contribution in [-0.2, 0) is 25.0 Å². The molecule has 1 fully saturated rings. The minimum atomic E-state index is -2.51. The molecule has 0 radical (unpaired) electrons. The highest BCUT2D eigenvalue weighted by Gasteiger charge is 2.42. The number of oxime groups is 1. The molecule has 2 aliphatic rings. The van der Waals surface area contributed by atoms with Crippen molar-refractivity contribution >= 4 is 21.5 Å². The van der Waals surface area contributed by atoms with Crippen LogP contribution in [0.1, 0.15) is 30.4 Å². The van der Waals surface area contributed by atoms with Crippen LogP contribution in [0.4, 0.5) is 18.0 Å². The van der Waals surface area contributed by atoms with Gasteiger partial charge in [0.05, 0.1) is 24.9 Å². The van der Waals surface area contributed by atoms with Gasteiger partial charge < -0.3 is 14.9 Å². The number of halogens is 3. The number of benzene rings is 1. The first kappa shape index (κ1) is 21.4. The average molecular weight is 433 g/mol. The van der Waals surface area contributed by atoms with Crippen molar-refractivity contribution in [2.24, 2.45) is 9.52 Å². The van der Waals surface area contributed by atoms with Crippen molar-refractivity contribution in [3.63, 3.8) is 0 Å². The normalized spacial score (nSPS) is 29.0. The molecule has 3 rings (SSSR count). The number of nitrogens with one attached hydrogen (secondary N) is 1. The lowest BCUT2D eigenvalue weighted by Crippen LogP contribution is -2.35. The van der Waals surface area contributed by atoms with E-state index >= 15 is 4.39 Å². The number of alkyl carbamates (subject to hydrolysis) is 1. The summed E-state index contributed by atoms with van der Waals surface area (Å²) in [6, 6.07) is 2.04. The van der Waals surface area contributed by atoms with E-state index in [1.807, 2.05) is 0 Å². The Morgan fingerprint density at radius 2 is 2.00 bits per heavy atom. The number of nitrogens with zero attached hydrogens (tertiary/aromatic N) is 2. The Morgan fingerprint density at radius 3 is 2.55 bits per heavy atom. The third-order valence-electron chi connectivity index (χ3n) is 5.18. The number of hydrogen-bond donors (Lipinski definition) is 1. The van der Waals surface area contributed by atoms with Crippen LogP contribution in [-0.4, -0.2) is 54.3 Å². The first-order valence-electron chi connectivity index (χ1n) is 9.03. The number of methoxy groups -OCH3 is 1. The second kappa shape index (κ2) is 8.21. The van der Waals surface area contributed by atoms with E-state index in [0.29, 0.717) is 0 Å². The fourth-order valence-electron chi connectivity index (χ4n) is 3.45. The number of amides is 1. The lowest BCUT2D eigenvalue weighted by Gasteiger charge is -2.32. The molecular weight excluding hydrogens is 411 g/mol. The Hall–Kier alpha value is -2.30. The fraction of sp³-hybridized carbons (Fsp3) is 0.556. The Labute approximate surface area is 166 Å². The maximum Gasteiger partial charge on any atom is 0.406 e. The number of carbonyl (C=O) groups is 1. The molecule has 1 aromatic carbocycles. The van der Waals surface area contributed by atoms with Crippen molar-refractivity contribution in [3.8, 4) is 0 Å². The molecule has 0 spiro atoms. The summed E-state index contributed by atoms with van der Waals surface area (Å²) in [5, 5.41) is 6.26. The van der Waals surface area contributed by atoms with Crippen molar-refractivity contribution in [3.05, 3.63) is 34.9 Å². The van der Waals surface area contributed by atoms with E-state index in [-0.39, 0.29) is 48.6 Å². The van der Waals surface area contributed by atoms with E-state index in [0.717, 1.165) is 12.1 Å². The van der Waals surface area contributed by atoms with Gasteiger partial charge in [-0.25, -0.2) is 26.5 Å². The third kappa shape index (κ3) is 4.49. The quantitative estimate of drug-likeness (QED) is 0.791. The van der Waals surface area contributed by atoms with Crippen LogP contribution in [0.3, 0.4) is 0 Å². The second-order valence-electron chi connectivity index (χ2n) is 6.99. The summed E-state index contributed by atoms with van der Waals surface area (Å²) in [6.07, 6.45) is -1.46. The molecule has 1 atom stereocenters. The largest absolute Gasteiger partial charge is 0.453 e. The van der Waals surface area contributed by atoms with Crippen LogP contribution in [0.5, 0.6) is 0 Å². The molecule has 7 nitrogen and oxygen atoms in total. The standard InChI is InChI=1S/C18H22F3N3O4S/c1-22-29(26)5-3-18(21,4-6-29)16-13(19)7-11(8-14(16)20)15-9-12(28-24-15)10-23-17(25)27-2/h7-8,12H,3-6,9-10H2,1-2H3,(H,23,25)/t12-,18?,29?/m1/s1. The third-order valence-corrected chi connectivity index (χ3v) is 7.53. The van der Waals surface area contributed by atoms with Crippen molar-refractivity contribution in [2.75, 3.05) is 32.2 Å². The van der Waals surface area contributed by atoms with Crippen molar-refractivity contribution < 1.29 is 31.7 Å². The monoisotopic (exact) mass is 433 g/mol. The predicted molar refractivity (Wildman–Crippen MR) is 101 cm³/mol. The van der Waals surface area contributed by atoms with Gasteiger partial charge in [0.1, 0.15) is 17.3 Å². The Balaban J connectivity index is 1.75. The van der Waals surface area contributed by atoms with E-state index in [1.165, 1.54) is 14.2 Å². The molecular formula is C18H22F3N3O4S. The summed E-state index contributed by atoms with van der Waals surface area (Å²) >= 11 is 0. The van der Waals surface area contributed by atoms with E-state index in [2.05, 4.69) is 19.6 Å². The zero-order valence-electron chi connectivity index (χ0n) is 16.0. The van der Waals surface area contributed by atoms with Crippen LogP contribution < -0.4 is 5.32 Å². The van der Waals surface area contributed by atoms with Gasteiger partial charge in [-0.15, -0.1) is 0 Å². The summed E-state index contributed by atoms with van der Waals surface area (Å²) in [6.45, 7) is 0.109. The van der Waals surface area contributed by atoms with Crippen molar-refractivity contribution in [1.29, 1.82) is 0 Å². The first-order chi connectivity index (χ1) is 13.7. The molecule has 2 heterocycles. The average Bonchev–Trinajstić information content (AvgIpc) is 3.17. The fourth-order valence-corrected chi connectivity index (χ4v) is 5.30. The Kier molecular flexibility index (Phi) is 6.06. The number of ether oxygens (including phenoxy) is 1. The van der Waals surface area contributed by atoms with Crippen LogP contribution in [0.2, 0.25) is 0 Å². The molecule has 0 bridgehead atoms. The zero-order chi connectivity index (χ0) is 21.2. The van der Waals surface area contributed by atoms with E-state index in [1.54, 1.807) is 0 Å². The zero-order valence-corrected chi connectivity index (χ0v) is 16.9. The maximum atomic E-state index is 15.3. The highest BCUT2D eigenvalue weighted by Crippen LogP contribution is 2.41. The molecule has 1 saturated heterocycles. The number of alkyl halides is 1. The van der Waals surface area contributed by atoms with Gasteiger partial charge in [0.2, 0.25) is 0 Å². The molecule has 29 heavy (non-hydrogen) atoms. The Bertz CT molecular complexity index is 923. The molecule has 2 aliphatic heterocycles. The lowest BCUT2D eigenvalue weighted by molar-refractivity contribution is 0.0827. The number of hydrogen-bond acceptors (Lipinski definition) is 6. The molecule has 1 amide bonds. The van der Waals surface area contributed by atoms with E-state index in [9.17, 15) is 17.8 Å². The Morgan fingerprint density at radius 1 is 1.38 bits per heavy atom. The van der Waals surface area contributed by atoms with E-state index in [4.69, 9.17) is 4.84 Å². The summed E-state index contributed by atoms with van der Waals surface area (Å²) in [5.41, 5.74) is -2.46. The summed E-state index contributed by atoms with van der Waals surface area (Å²) in [5.74, 6) is -2.14. The SMILES string of the molecule is CN=S1(=O)CCC(F)(c2c(F)cc(C3=NO[C@@H](CNC(=O)OC)C3)cc2F)CC1. The van der Waals surface area contributed by atoms with E-state index < -0.39 is 44.8 Å². The number of rotatable bonds is 4. The first-order valence-corrected chi connectivity index (χ1v) is 10.9. The van der Waals surface area contributed by atoms with Gasteiger partial charge in [0.15, 0.2) is 6.10 Å². The minimum absolute atomic E-state index is 0.0456. The molecule has 1 N–H and O–H groups in total. The second-order valence-corrected chi connectivity index (χ2v) is 9.71. The molecule has 1 aromatic rings. The van der Waals surface area contributed by atoms with Gasteiger partial charge >= 0.3 is 6.09 Å². The van der Waals surface area contributed by atoms with Crippen LogP contribution in [0.15, 0.2) is 21.7 Å². The highest BCUT2D eigenvalue weighted by molar-refractivity contribution is 7.93. The van der Waals surface area contributed by atoms with Gasteiger partial charge in [0, 0.05) is 40.3 Å². The van der Waals surface area contributed by atoms with Crippen LogP contribution >= 0.6 is 0 Å². The number of carbonyl (C=O) groups excluding carboxylic acids is 1. The molecule has 0 saturated carbocycles. The van der Waals surface area contributed by atoms with Crippen LogP contribution in [0, 0.1) is 11.6 Å². The van der Waals surface area contributed by atoms with Gasteiger partial charge in [-0.1, -0.05) is 5.16 Å². The van der Waals surface area contributed by atoms with Crippen LogP contribution in [0.25, 0.3) is 0 Å². The van der Waals surface area contributed by atoms with Gasteiger partial charge in [0.25, 0.3) is 0 Å². The summed E-state index contributed by atoms with van der Waals surface area (Å²) < 4.78 is 65.3. The predicted octanol–water partition coefficient (Wildman–Crippen LogP) is 2.87. The minimum Gasteiger partial charge on any atom is -0.453 e. The highest BCUT2D eigenvalue weighted by atomic mass is 32.2. The molecule has 11 heteroatoms. The molecule has 0 aliphatic carbocycles. The van der Waals surface area contributed by atoms with Gasteiger partial charge in [-0.2, -0.15) is 0 Å². The smallest absolute Gasteiger partial charge is 0.406 e. The van der Waals surface area contributed by atoms with Crippen molar-refractivity contribution in [2.45, 2.75) is 31.0 Å². The summed E-state index contributed by atoms with van der Waals surface area (Å²) in [7, 11) is 0.118.